The van der Waals surface area contributed by atoms with E-state index in [0.717, 1.165) is 34.5 Å². The Hall–Kier alpha value is -2.45. The van der Waals surface area contributed by atoms with Crippen molar-refractivity contribution in [1.82, 2.24) is 0 Å². The van der Waals surface area contributed by atoms with E-state index in [9.17, 15) is 14.4 Å². The van der Waals surface area contributed by atoms with Crippen molar-refractivity contribution < 1.29 is 19.5 Å². The second kappa shape index (κ2) is 12.7. The van der Waals surface area contributed by atoms with Crippen LogP contribution in [-0.4, -0.2) is 47.7 Å². The second-order valence-corrected chi connectivity index (χ2v) is 10.6. The average Bonchev–Trinajstić information content (AvgIpc) is 2.78. The zero-order valence-corrected chi connectivity index (χ0v) is 21.2. The number of hydrogen-bond donors (Lipinski definition) is 2. The maximum atomic E-state index is 13.1. The van der Waals surface area contributed by atoms with Crippen molar-refractivity contribution in [3.63, 3.8) is 0 Å². The molecular weight excluding hydrogens is 456 g/mol. The molecule has 0 radical (unpaired) electrons. The predicted molar refractivity (Wildman–Crippen MR) is 139 cm³/mol. The van der Waals surface area contributed by atoms with E-state index in [4.69, 9.17) is 5.11 Å². The van der Waals surface area contributed by atoms with E-state index in [2.05, 4.69) is 5.32 Å². The molecule has 0 saturated heterocycles. The number of carboxylic acids is 1. The highest BCUT2D eigenvalue weighted by molar-refractivity contribution is 8.14. The van der Waals surface area contributed by atoms with Crippen molar-refractivity contribution in [2.75, 3.05) is 35.8 Å². The second-order valence-electron chi connectivity index (χ2n) is 8.57. The summed E-state index contributed by atoms with van der Waals surface area (Å²) in [5.41, 5.74) is 2.56. The molecule has 1 amide bonds. The molecule has 0 aliphatic rings. The van der Waals surface area contributed by atoms with Crippen LogP contribution in [0.15, 0.2) is 48.5 Å². The average molecular weight is 489 g/mol. The number of carboxylic acid groups (broad SMARTS) is 1. The third-order valence-corrected chi connectivity index (χ3v) is 7.44. The van der Waals surface area contributed by atoms with Gasteiger partial charge in [0.15, 0.2) is 0 Å². The molecule has 178 valence electrons. The Morgan fingerprint density at radius 1 is 1.06 bits per heavy atom. The number of carbonyl (C=O) groups is 3. The van der Waals surface area contributed by atoms with E-state index in [0.29, 0.717) is 23.5 Å². The first-order valence-electron chi connectivity index (χ1n) is 10.7. The summed E-state index contributed by atoms with van der Waals surface area (Å²) in [6.07, 6.45) is 0.765. The SMILES string of the molecule is CN(C)c1ccc(CSCCCC(=O)O)c(NC(=O)C(C)(C)CSC(=O)c2ccccc2)c1. The molecule has 0 spiro atoms. The highest BCUT2D eigenvalue weighted by Gasteiger charge is 2.29. The number of rotatable bonds is 12. The Morgan fingerprint density at radius 2 is 1.76 bits per heavy atom. The van der Waals surface area contributed by atoms with E-state index in [1.165, 1.54) is 0 Å². The van der Waals surface area contributed by atoms with Crippen molar-refractivity contribution in [3.8, 4) is 0 Å². The summed E-state index contributed by atoms with van der Waals surface area (Å²) in [7, 11) is 3.88. The lowest BCUT2D eigenvalue weighted by Gasteiger charge is -2.24. The molecule has 0 saturated carbocycles. The van der Waals surface area contributed by atoms with Gasteiger partial charge in [-0.25, -0.2) is 0 Å². The van der Waals surface area contributed by atoms with Crippen LogP contribution in [0.3, 0.4) is 0 Å². The summed E-state index contributed by atoms with van der Waals surface area (Å²) in [5, 5.41) is 11.8. The van der Waals surface area contributed by atoms with Gasteiger partial charge < -0.3 is 15.3 Å². The summed E-state index contributed by atoms with van der Waals surface area (Å²) < 4.78 is 0. The molecule has 0 fully saturated rings. The maximum absolute atomic E-state index is 13.1. The van der Waals surface area contributed by atoms with Crippen LogP contribution >= 0.6 is 23.5 Å². The van der Waals surface area contributed by atoms with Gasteiger partial charge in [0, 0.05) is 49.0 Å². The minimum absolute atomic E-state index is 0.0514. The third kappa shape index (κ3) is 8.78. The van der Waals surface area contributed by atoms with Crippen LogP contribution in [0.5, 0.6) is 0 Å². The fraction of sp³-hybridized carbons (Fsp3) is 0.400. The number of hydrogen-bond acceptors (Lipinski definition) is 6. The zero-order valence-electron chi connectivity index (χ0n) is 19.6. The first-order chi connectivity index (χ1) is 15.6. The van der Waals surface area contributed by atoms with Crippen molar-refractivity contribution in [1.29, 1.82) is 0 Å². The summed E-state index contributed by atoms with van der Waals surface area (Å²) in [4.78, 5) is 38.3. The summed E-state index contributed by atoms with van der Waals surface area (Å²) in [6.45, 7) is 3.67. The number of nitrogens with one attached hydrogen (secondary N) is 1. The zero-order chi connectivity index (χ0) is 24.4. The van der Waals surface area contributed by atoms with E-state index >= 15 is 0 Å². The minimum Gasteiger partial charge on any atom is -0.481 e. The van der Waals surface area contributed by atoms with Gasteiger partial charge in [0.25, 0.3) is 0 Å². The van der Waals surface area contributed by atoms with Gasteiger partial charge in [-0.05, 0) is 29.9 Å². The van der Waals surface area contributed by atoms with E-state index in [-0.39, 0.29) is 17.4 Å². The standard InChI is InChI=1S/C25H32N2O4S2/c1-25(2,17-33-23(30)18-9-6-5-7-10-18)24(31)26-21-15-20(27(3)4)13-12-19(21)16-32-14-8-11-22(28)29/h5-7,9-10,12-13,15H,8,11,14,16-17H2,1-4H3,(H,26,31)(H,28,29). The van der Waals surface area contributed by atoms with Gasteiger partial charge in [-0.2, -0.15) is 11.8 Å². The Balaban J connectivity index is 2.05. The lowest BCUT2D eigenvalue weighted by atomic mass is 9.95. The van der Waals surface area contributed by atoms with E-state index in [1.807, 2.05) is 69.2 Å². The molecule has 8 heteroatoms. The monoisotopic (exact) mass is 488 g/mol. The first kappa shape index (κ1) is 26.8. The fourth-order valence-corrected chi connectivity index (χ4v) is 4.74. The van der Waals surface area contributed by atoms with E-state index < -0.39 is 11.4 Å². The molecule has 33 heavy (non-hydrogen) atoms. The molecule has 0 atom stereocenters. The largest absolute Gasteiger partial charge is 0.481 e. The lowest BCUT2D eigenvalue weighted by molar-refractivity contribution is -0.137. The summed E-state index contributed by atoms with van der Waals surface area (Å²) >= 11 is 2.80. The van der Waals surface area contributed by atoms with Crippen molar-refractivity contribution in [3.05, 3.63) is 59.7 Å². The minimum atomic E-state index is -0.787. The number of aliphatic carboxylic acids is 1. The molecule has 0 bridgehead atoms. The van der Waals surface area contributed by atoms with Crippen molar-refractivity contribution in [2.24, 2.45) is 5.41 Å². The smallest absolute Gasteiger partial charge is 0.303 e. The molecule has 2 N–H and O–H groups in total. The highest BCUT2D eigenvalue weighted by Crippen LogP contribution is 2.30. The fourth-order valence-electron chi connectivity index (χ4n) is 2.85. The molecule has 6 nitrogen and oxygen atoms in total. The summed E-state index contributed by atoms with van der Waals surface area (Å²) in [6, 6.07) is 15.0. The molecule has 0 heterocycles. The van der Waals surface area contributed by atoms with Crippen molar-refractivity contribution >= 4 is 51.9 Å². The van der Waals surface area contributed by atoms with Gasteiger partial charge in [0.1, 0.15) is 0 Å². The van der Waals surface area contributed by atoms with Crippen LogP contribution in [0, 0.1) is 5.41 Å². The van der Waals surface area contributed by atoms with Crippen molar-refractivity contribution in [2.45, 2.75) is 32.4 Å². The first-order valence-corrected chi connectivity index (χ1v) is 12.9. The molecule has 2 rings (SSSR count). The molecule has 2 aromatic carbocycles. The van der Waals surface area contributed by atoms with Gasteiger partial charge >= 0.3 is 5.97 Å². The van der Waals surface area contributed by atoms with Gasteiger partial charge in [-0.1, -0.05) is 62.0 Å². The van der Waals surface area contributed by atoms with Crippen LogP contribution in [0.4, 0.5) is 11.4 Å². The Labute approximate surface area is 204 Å². The van der Waals surface area contributed by atoms with Gasteiger partial charge in [-0.3, -0.25) is 14.4 Å². The number of amides is 1. The van der Waals surface area contributed by atoms with E-state index in [1.54, 1.807) is 23.9 Å². The molecule has 0 aliphatic heterocycles. The number of benzene rings is 2. The van der Waals surface area contributed by atoms with Gasteiger partial charge in [0.05, 0.1) is 5.41 Å². The Morgan fingerprint density at radius 3 is 2.39 bits per heavy atom. The molecular formula is C25H32N2O4S2. The lowest BCUT2D eigenvalue weighted by Crippen LogP contribution is -2.33. The van der Waals surface area contributed by atoms with Crippen LogP contribution in [0.1, 0.15) is 42.6 Å². The molecule has 0 unspecified atom stereocenters. The number of thioether (sulfide) groups is 2. The number of nitrogens with zero attached hydrogens (tertiary/aromatic N) is 1. The number of anilines is 2. The quantitative estimate of drug-likeness (QED) is 0.387. The normalized spacial score (nSPS) is 11.2. The summed E-state index contributed by atoms with van der Waals surface area (Å²) in [5.74, 6) is 0.830. The van der Waals surface area contributed by atoms with Gasteiger partial charge in [0.2, 0.25) is 11.0 Å². The van der Waals surface area contributed by atoms with Crippen LogP contribution in [0.25, 0.3) is 0 Å². The Kier molecular flexibility index (Phi) is 10.3. The van der Waals surface area contributed by atoms with Gasteiger partial charge in [-0.15, -0.1) is 0 Å². The Bertz CT molecular complexity index is 962. The predicted octanol–water partition coefficient (Wildman–Crippen LogP) is 5.39. The highest BCUT2D eigenvalue weighted by atomic mass is 32.2. The maximum Gasteiger partial charge on any atom is 0.303 e. The topological polar surface area (TPSA) is 86.7 Å². The number of carbonyl (C=O) groups excluding carboxylic acids is 2. The molecule has 2 aromatic rings. The third-order valence-electron chi connectivity index (χ3n) is 4.98. The van der Waals surface area contributed by atoms with Crippen LogP contribution < -0.4 is 10.2 Å². The molecule has 0 aromatic heterocycles. The molecule has 0 aliphatic carbocycles. The van der Waals surface area contributed by atoms with Crippen LogP contribution in [-0.2, 0) is 15.3 Å². The van der Waals surface area contributed by atoms with Crippen LogP contribution in [0.2, 0.25) is 0 Å².